The van der Waals surface area contributed by atoms with Crippen LogP contribution in [0.3, 0.4) is 0 Å². The Kier molecular flexibility index (Phi) is 4.20. The van der Waals surface area contributed by atoms with E-state index in [1.807, 2.05) is 0 Å². The van der Waals surface area contributed by atoms with Gasteiger partial charge in [0.25, 0.3) is 11.9 Å². The fraction of sp³-hybridized carbons (Fsp3) is 0.500. The summed E-state index contributed by atoms with van der Waals surface area (Å²) < 4.78 is 24.2. The van der Waals surface area contributed by atoms with E-state index in [0.717, 1.165) is 0 Å². The average molecular weight is 311 g/mol. The molecule has 0 unspecified atom stereocenters. The molecule has 2 amide bonds. The van der Waals surface area contributed by atoms with Crippen molar-refractivity contribution in [1.82, 2.24) is 9.88 Å². The van der Waals surface area contributed by atoms with Crippen LogP contribution in [0.2, 0.25) is 0 Å². The summed E-state index contributed by atoms with van der Waals surface area (Å²) in [4.78, 5) is 27.5. The van der Waals surface area contributed by atoms with E-state index >= 15 is 0 Å². The van der Waals surface area contributed by atoms with Crippen LogP contribution in [-0.4, -0.2) is 46.7 Å². The monoisotopic (exact) mass is 311 g/mol. The van der Waals surface area contributed by atoms with Crippen LogP contribution in [0.5, 0.6) is 5.75 Å². The van der Waals surface area contributed by atoms with Gasteiger partial charge in [-0.05, 0) is 32.9 Å². The van der Waals surface area contributed by atoms with E-state index < -0.39 is 23.5 Å². The number of pyridine rings is 1. The Balaban J connectivity index is 1.88. The van der Waals surface area contributed by atoms with E-state index in [2.05, 4.69) is 4.98 Å². The molecule has 120 valence electrons. The smallest absolute Gasteiger partial charge is 0.410 e. The van der Waals surface area contributed by atoms with Crippen LogP contribution in [0.1, 0.15) is 31.3 Å². The van der Waals surface area contributed by atoms with Crippen LogP contribution in [0.15, 0.2) is 12.1 Å². The van der Waals surface area contributed by atoms with Gasteiger partial charge in [0.05, 0.1) is 13.1 Å². The second-order valence-electron chi connectivity index (χ2n) is 5.97. The topological polar surface area (TPSA) is 94.7 Å². The third kappa shape index (κ3) is 3.84. The lowest BCUT2D eigenvalue weighted by atomic mass is 10.1. The highest BCUT2D eigenvalue weighted by Crippen LogP contribution is 2.22. The number of aromatic nitrogens is 1. The fourth-order valence-electron chi connectivity index (χ4n) is 1.81. The van der Waals surface area contributed by atoms with E-state index in [-0.39, 0.29) is 17.5 Å². The Labute approximate surface area is 127 Å². The Morgan fingerprint density at radius 1 is 1.36 bits per heavy atom. The molecule has 2 N–H and O–H groups in total. The molecule has 1 aliphatic heterocycles. The normalized spacial score (nSPS) is 15.2. The molecule has 0 atom stereocenters. The SMILES string of the molecule is CC(C)(C)OC(=O)N1CC(Oc2ccc(C(N)=O)nc2F)C1. The van der Waals surface area contributed by atoms with Gasteiger partial charge in [-0.25, -0.2) is 9.78 Å². The number of nitrogens with zero attached hydrogens (tertiary/aromatic N) is 2. The summed E-state index contributed by atoms with van der Waals surface area (Å²) in [7, 11) is 0. The van der Waals surface area contributed by atoms with Gasteiger partial charge in [0.2, 0.25) is 0 Å². The maximum atomic E-state index is 13.7. The molecule has 8 heteroatoms. The number of amides is 2. The van der Waals surface area contributed by atoms with Crippen LogP contribution in [0.25, 0.3) is 0 Å². The molecular weight excluding hydrogens is 293 g/mol. The van der Waals surface area contributed by atoms with Gasteiger partial charge in [-0.3, -0.25) is 4.79 Å². The minimum atomic E-state index is -0.910. The number of hydrogen-bond donors (Lipinski definition) is 1. The van der Waals surface area contributed by atoms with Gasteiger partial charge in [0.1, 0.15) is 17.4 Å². The number of ether oxygens (including phenoxy) is 2. The molecular formula is C14H18FN3O4. The molecule has 0 bridgehead atoms. The predicted molar refractivity (Wildman–Crippen MR) is 74.9 cm³/mol. The molecule has 1 aromatic heterocycles. The lowest BCUT2D eigenvalue weighted by Crippen LogP contribution is -2.57. The first-order chi connectivity index (χ1) is 10.2. The number of primary amides is 1. The highest BCUT2D eigenvalue weighted by molar-refractivity contribution is 5.90. The van der Waals surface area contributed by atoms with Gasteiger partial charge in [-0.1, -0.05) is 0 Å². The second kappa shape index (κ2) is 5.78. The second-order valence-corrected chi connectivity index (χ2v) is 5.97. The predicted octanol–water partition coefficient (Wildman–Crippen LogP) is 1.32. The summed E-state index contributed by atoms with van der Waals surface area (Å²) in [6, 6.07) is 2.57. The summed E-state index contributed by atoms with van der Waals surface area (Å²) >= 11 is 0. The molecule has 1 fully saturated rings. The summed E-state index contributed by atoms with van der Waals surface area (Å²) in [6.45, 7) is 5.93. The van der Waals surface area contributed by atoms with Crippen molar-refractivity contribution in [2.75, 3.05) is 13.1 Å². The van der Waals surface area contributed by atoms with E-state index in [1.54, 1.807) is 20.8 Å². The van der Waals surface area contributed by atoms with Gasteiger partial charge in [0, 0.05) is 0 Å². The molecule has 1 saturated heterocycles. The largest absolute Gasteiger partial charge is 0.482 e. The zero-order chi connectivity index (χ0) is 16.5. The van der Waals surface area contributed by atoms with E-state index in [1.165, 1.54) is 17.0 Å². The summed E-state index contributed by atoms with van der Waals surface area (Å²) in [5, 5.41) is 0. The molecule has 1 aromatic rings. The highest BCUT2D eigenvalue weighted by atomic mass is 19.1. The Morgan fingerprint density at radius 3 is 2.50 bits per heavy atom. The number of hydrogen-bond acceptors (Lipinski definition) is 5. The van der Waals surface area contributed by atoms with Crippen LogP contribution >= 0.6 is 0 Å². The number of rotatable bonds is 3. The Hall–Kier alpha value is -2.38. The van der Waals surface area contributed by atoms with E-state index in [0.29, 0.717) is 13.1 Å². The molecule has 7 nitrogen and oxygen atoms in total. The fourth-order valence-corrected chi connectivity index (χ4v) is 1.81. The van der Waals surface area contributed by atoms with Crippen molar-refractivity contribution in [2.45, 2.75) is 32.5 Å². The van der Waals surface area contributed by atoms with Gasteiger partial charge < -0.3 is 20.1 Å². The van der Waals surface area contributed by atoms with Crippen LogP contribution in [-0.2, 0) is 4.74 Å². The maximum Gasteiger partial charge on any atom is 0.410 e. The summed E-state index contributed by atoms with van der Waals surface area (Å²) in [5.74, 6) is -1.81. The van der Waals surface area contributed by atoms with Crippen LogP contribution < -0.4 is 10.5 Å². The molecule has 0 aliphatic carbocycles. The van der Waals surface area contributed by atoms with Crippen molar-refractivity contribution in [3.63, 3.8) is 0 Å². The van der Waals surface area contributed by atoms with Crippen LogP contribution in [0, 0.1) is 5.95 Å². The molecule has 2 rings (SSSR count). The Morgan fingerprint density at radius 2 is 2.00 bits per heavy atom. The molecule has 1 aliphatic rings. The van der Waals surface area contributed by atoms with E-state index in [4.69, 9.17) is 15.2 Å². The zero-order valence-corrected chi connectivity index (χ0v) is 12.6. The third-order valence-corrected chi connectivity index (χ3v) is 2.86. The standard InChI is InChI=1S/C14H18FN3O4/c1-14(2,3)22-13(20)18-6-8(7-18)21-10-5-4-9(12(16)19)17-11(10)15/h4-5,8H,6-7H2,1-3H3,(H2,16,19). The zero-order valence-electron chi connectivity index (χ0n) is 12.6. The van der Waals surface area contributed by atoms with Crippen molar-refractivity contribution < 1.29 is 23.5 Å². The minimum absolute atomic E-state index is 0.0844. The first-order valence-corrected chi connectivity index (χ1v) is 6.76. The maximum absolute atomic E-state index is 13.7. The summed E-state index contributed by atoms with van der Waals surface area (Å²) in [6.07, 6.45) is -0.779. The van der Waals surface area contributed by atoms with Crippen LogP contribution in [0.4, 0.5) is 9.18 Å². The number of likely N-dealkylation sites (tertiary alicyclic amines) is 1. The highest BCUT2D eigenvalue weighted by Gasteiger charge is 2.35. The number of nitrogens with two attached hydrogens (primary N) is 1. The van der Waals surface area contributed by atoms with Gasteiger partial charge in [0.15, 0.2) is 5.75 Å². The Bertz CT molecular complexity index is 594. The summed E-state index contributed by atoms with van der Waals surface area (Å²) in [5.41, 5.74) is 4.27. The number of carbonyl (C=O) groups excluding carboxylic acids is 2. The quantitative estimate of drug-likeness (QED) is 0.849. The lowest BCUT2D eigenvalue weighted by Gasteiger charge is -2.39. The van der Waals surface area contributed by atoms with Crippen molar-refractivity contribution in [1.29, 1.82) is 0 Å². The number of carbonyl (C=O) groups is 2. The molecule has 0 saturated carbocycles. The third-order valence-electron chi connectivity index (χ3n) is 2.86. The average Bonchev–Trinajstić information content (AvgIpc) is 2.31. The molecule has 0 radical (unpaired) electrons. The van der Waals surface area contributed by atoms with Crippen molar-refractivity contribution >= 4 is 12.0 Å². The molecule has 0 aromatic carbocycles. The van der Waals surface area contributed by atoms with Gasteiger partial charge >= 0.3 is 6.09 Å². The lowest BCUT2D eigenvalue weighted by molar-refractivity contribution is -0.0231. The first-order valence-electron chi connectivity index (χ1n) is 6.76. The van der Waals surface area contributed by atoms with E-state index in [9.17, 15) is 14.0 Å². The molecule has 0 spiro atoms. The van der Waals surface area contributed by atoms with Crippen molar-refractivity contribution in [3.05, 3.63) is 23.8 Å². The first kappa shape index (κ1) is 16.0. The number of halogens is 1. The minimum Gasteiger partial charge on any atom is -0.482 e. The van der Waals surface area contributed by atoms with Gasteiger partial charge in [-0.15, -0.1) is 0 Å². The van der Waals surface area contributed by atoms with Crippen molar-refractivity contribution in [2.24, 2.45) is 5.73 Å². The molecule has 22 heavy (non-hydrogen) atoms. The van der Waals surface area contributed by atoms with Gasteiger partial charge in [-0.2, -0.15) is 4.39 Å². The van der Waals surface area contributed by atoms with Crippen molar-refractivity contribution in [3.8, 4) is 5.75 Å². The molecule has 2 heterocycles.